The Labute approximate surface area is 117 Å². The molecule has 0 amide bonds. The number of rotatable bonds is 6. The van der Waals surface area contributed by atoms with Crippen LogP contribution in [0.5, 0.6) is 5.75 Å². The van der Waals surface area contributed by atoms with E-state index < -0.39 is 0 Å². The molecule has 3 rings (SSSR count). The maximum atomic E-state index is 6.28. The Balaban J connectivity index is 1.58. The van der Waals surface area contributed by atoms with Crippen LogP contribution < -0.4 is 10.1 Å². The SMILES string of the molecule is Brc1ccccc1OC1(CCNC2CC2)CCC1. The van der Waals surface area contributed by atoms with Gasteiger partial charge in [0.1, 0.15) is 11.4 Å². The van der Waals surface area contributed by atoms with Crippen molar-refractivity contribution in [3.8, 4) is 5.75 Å². The minimum absolute atomic E-state index is 0.0891. The van der Waals surface area contributed by atoms with Gasteiger partial charge in [-0.3, -0.25) is 0 Å². The summed E-state index contributed by atoms with van der Waals surface area (Å²) >= 11 is 3.56. The Kier molecular flexibility index (Phi) is 3.62. The van der Waals surface area contributed by atoms with Gasteiger partial charge in [-0.25, -0.2) is 0 Å². The van der Waals surface area contributed by atoms with E-state index >= 15 is 0 Å². The fraction of sp³-hybridized carbons (Fsp3) is 0.600. The summed E-state index contributed by atoms with van der Waals surface area (Å²) in [6.45, 7) is 1.09. The molecule has 0 unspecified atom stereocenters. The van der Waals surface area contributed by atoms with Crippen molar-refractivity contribution in [3.63, 3.8) is 0 Å². The average Bonchev–Trinajstić information content (AvgIpc) is 3.12. The third-order valence-corrected chi connectivity index (χ3v) is 4.67. The van der Waals surface area contributed by atoms with Crippen molar-refractivity contribution in [1.29, 1.82) is 0 Å². The lowest BCUT2D eigenvalue weighted by molar-refractivity contribution is -0.0149. The molecule has 2 nitrogen and oxygen atoms in total. The second-order valence-electron chi connectivity index (χ2n) is 5.55. The molecule has 0 radical (unpaired) electrons. The molecule has 2 aliphatic carbocycles. The standard InChI is InChI=1S/C15H20BrNO/c16-13-4-1-2-5-14(13)18-15(8-3-9-15)10-11-17-12-6-7-12/h1-2,4-5,12,17H,3,6-11H2. The molecule has 2 aliphatic rings. The Hall–Kier alpha value is -0.540. The molecular formula is C15H20BrNO. The molecule has 0 aliphatic heterocycles. The van der Waals surface area contributed by atoms with Crippen LogP contribution in [0.2, 0.25) is 0 Å². The van der Waals surface area contributed by atoms with Crippen molar-refractivity contribution in [3.05, 3.63) is 28.7 Å². The lowest BCUT2D eigenvalue weighted by Gasteiger charge is -2.42. The molecule has 0 heterocycles. The van der Waals surface area contributed by atoms with Gasteiger partial charge >= 0.3 is 0 Å². The predicted molar refractivity (Wildman–Crippen MR) is 77.0 cm³/mol. The first-order valence-electron chi connectivity index (χ1n) is 6.94. The number of para-hydroxylation sites is 1. The quantitative estimate of drug-likeness (QED) is 0.860. The molecule has 98 valence electrons. The molecular weight excluding hydrogens is 290 g/mol. The Morgan fingerprint density at radius 3 is 2.67 bits per heavy atom. The van der Waals surface area contributed by atoms with E-state index in [0.29, 0.717) is 0 Å². The van der Waals surface area contributed by atoms with Crippen LogP contribution in [-0.4, -0.2) is 18.2 Å². The third-order valence-electron chi connectivity index (χ3n) is 4.02. The fourth-order valence-corrected chi connectivity index (χ4v) is 2.89. The second kappa shape index (κ2) is 5.22. The zero-order valence-corrected chi connectivity index (χ0v) is 12.2. The van der Waals surface area contributed by atoms with Crippen LogP contribution in [0.25, 0.3) is 0 Å². The smallest absolute Gasteiger partial charge is 0.134 e. The molecule has 1 aromatic rings. The van der Waals surface area contributed by atoms with Gasteiger partial charge in [0.15, 0.2) is 0 Å². The van der Waals surface area contributed by atoms with Gasteiger partial charge in [-0.1, -0.05) is 12.1 Å². The van der Waals surface area contributed by atoms with E-state index in [2.05, 4.69) is 27.3 Å². The van der Waals surface area contributed by atoms with Crippen molar-refractivity contribution in [1.82, 2.24) is 5.32 Å². The zero-order chi connectivity index (χ0) is 12.4. The molecule has 2 saturated carbocycles. The summed E-state index contributed by atoms with van der Waals surface area (Å²) in [5, 5.41) is 3.59. The van der Waals surface area contributed by atoms with Crippen molar-refractivity contribution in [2.24, 2.45) is 0 Å². The van der Waals surface area contributed by atoms with Crippen molar-refractivity contribution >= 4 is 15.9 Å². The third kappa shape index (κ3) is 2.89. The maximum Gasteiger partial charge on any atom is 0.134 e. The van der Waals surface area contributed by atoms with Gasteiger partial charge in [0, 0.05) is 6.04 Å². The molecule has 0 aromatic heterocycles. The van der Waals surface area contributed by atoms with Crippen molar-refractivity contribution < 1.29 is 4.74 Å². The van der Waals surface area contributed by atoms with E-state index in [4.69, 9.17) is 4.74 Å². The van der Waals surface area contributed by atoms with Crippen molar-refractivity contribution in [2.45, 2.75) is 50.2 Å². The highest BCUT2D eigenvalue weighted by atomic mass is 79.9. The Morgan fingerprint density at radius 2 is 2.06 bits per heavy atom. The van der Waals surface area contributed by atoms with Crippen molar-refractivity contribution in [2.75, 3.05) is 6.54 Å². The number of halogens is 1. The van der Waals surface area contributed by atoms with Gasteiger partial charge in [0.05, 0.1) is 4.47 Å². The highest BCUT2D eigenvalue weighted by Crippen LogP contribution is 2.41. The topological polar surface area (TPSA) is 21.3 Å². The lowest BCUT2D eigenvalue weighted by Crippen LogP contribution is -2.45. The highest BCUT2D eigenvalue weighted by molar-refractivity contribution is 9.10. The minimum Gasteiger partial charge on any atom is -0.486 e. The highest BCUT2D eigenvalue weighted by Gasteiger charge is 2.39. The van der Waals surface area contributed by atoms with Gasteiger partial charge in [-0.05, 0) is 73.1 Å². The molecule has 0 saturated heterocycles. The average molecular weight is 310 g/mol. The van der Waals surface area contributed by atoms with E-state index in [0.717, 1.165) is 29.2 Å². The maximum absolute atomic E-state index is 6.28. The van der Waals surface area contributed by atoms with E-state index in [9.17, 15) is 0 Å². The second-order valence-corrected chi connectivity index (χ2v) is 6.40. The van der Waals surface area contributed by atoms with Crippen LogP contribution in [-0.2, 0) is 0 Å². The number of ether oxygens (including phenoxy) is 1. The Morgan fingerprint density at radius 1 is 1.28 bits per heavy atom. The minimum atomic E-state index is 0.0891. The largest absolute Gasteiger partial charge is 0.486 e. The first-order chi connectivity index (χ1) is 8.77. The van der Waals surface area contributed by atoms with Crippen LogP contribution >= 0.6 is 15.9 Å². The van der Waals surface area contributed by atoms with Gasteiger partial charge in [-0.15, -0.1) is 0 Å². The van der Waals surface area contributed by atoms with E-state index in [-0.39, 0.29) is 5.60 Å². The molecule has 0 spiro atoms. The summed E-state index contributed by atoms with van der Waals surface area (Å²) in [5.41, 5.74) is 0.0891. The first kappa shape index (κ1) is 12.5. The van der Waals surface area contributed by atoms with Gasteiger partial charge in [0.25, 0.3) is 0 Å². The van der Waals surface area contributed by atoms with Crippen LogP contribution in [0.4, 0.5) is 0 Å². The van der Waals surface area contributed by atoms with E-state index in [1.54, 1.807) is 0 Å². The summed E-state index contributed by atoms with van der Waals surface area (Å²) < 4.78 is 7.35. The first-order valence-corrected chi connectivity index (χ1v) is 7.74. The normalized spacial score (nSPS) is 21.4. The van der Waals surface area contributed by atoms with Crippen LogP contribution in [0.15, 0.2) is 28.7 Å². The molecule has 3 heteroatoms. The fourth-order valence-electron chi connectivity index (χ4n) is 2.53. The molecule has 1 N–H and O–H groups in total. The van der Waals surface area contributed by atoms with Crippen LogP contribution in [0.3, 0.4) is 0 Å². The molecule has 0 bridgehead atoms. The summed E-state index contributed by atoms with van der Waals surface area (Å²) in [4.78, 5) is 0. The van der Waals surface area contributed by atoms with E-state index in [1.807, 2.05) is 18.2 Å². The summed E-state index contributed by atoms with van der Waals surface area (Å²) in [6.07, 6.45) is 7.54. The van der Waals surface area contributed by atoms with Crippen LogP contribution in [0, 0.1) is 0 Å². The number of hydrogen-bond donors (Lipinski definition) is 1. The lowest BCUT2D eigenvalue weighted by atomic mass is 9.77. The van der Waals surface area contributed by atoms with Gasteiger partial charge in [-0.2, -0.15) is 0 Å². The number of benzene rings is 1. The zero-order valence-electron chi connectivity index (χ0n) is 10.6. The van der Waals surface area contributed by atoms with Gasteiger partial charge in [0.2, 0.25) is 0 Å². The summed E-state index contributed by atoms with van der Waals surface area (Å²) in [7, 11) is 0. The Bertz CT molecular complexity index is 413. The molecule has 0 atom stereocenters. The van der Waals surface area contributed by atoms with Crippen LogP contribution in [0.1, 0.15) is 38.5 Å². The molecule has 18 heavy (non-hydrogen) atoms. The summed E-state index contributed by atoms with van der Waals surface area (Å²) in [5.74, 6) is 0.989. The molecule has 2 fully saturated rings. The summed E-state index contributed by atoms with van der Waals surface area (Å²) in [6, 6.07) is 8.96. The van der Waals surface area contributed by atoms with E-state index in [1.165, 1.54) is 32.1 Å². The number of hydrogen-bond acceptors (Lipinski definition) is 2. The molecule has 1 aromatic carbocycles. The monoisotopic (exact) mass is 309 g/mol. The predicted octanol–water partition coefficient (Wildman–Crippen LogP) is 3.89. The van der Waals surface area contributed by atoms with Gasteiger partial charge < -0.3 is 10.1 Å². The number of nitrogens with one attached hydrogen (secondary N) is 1.